The summed E-state index contributed by atoms with van der Waals surface area (Å²) in [5, 5.41) is 7.50. The van der Waals surface area contributed by atoms with Crippen molar-refractivity contribution < 1.29 is 14.3 Å². The summed E-state index contributed by atoms with van der Waals surface area (Å²) in [5.41, 5.74) is 10.3. The van der Waals surface area contributed by atoms with Crippen LogP contribution in [0.4, 0.5) is 4.79 Å². The first kappa shape index (κ1) is 17.5. The van der Waals surface area contributed by atoms with E-state index in [1.54, 1.807) is 7.11 Å². The van der Waals surface area contributed by atoms with Crippen LogP contribution in [0.3, 0.4) is 0 Å². The lowest BCUT2D eigenvalue weighted by Crippen LogP contribution is -2.20. The number of pyridine rings is 1. The summed E-state index contributed by atoms with van der Waals surface area (Å²) >= 11 is 0. The SMILES string of the molecule is COCc1cc2[nH]c(-c3cc(C4CC[C@H](OC(N)=O)C4)[nH]n3)nc2c(C)n1. The van der Waals surface area contributed by atoms with Crippen LogP contribution >= 0.6 is 0 Å². The largest absolute Gasteiger partial charge is 0.446 e. The standard InChI is InChI=1S/C18H22N6O3/c1-9-16-14(6-11(20-9)8-26-2)21-17(22-16)15-7-13(23-24-15)10-3-4-12(5-10)27-18(19)25/h6-7,10,12H,3-5,8H2,1-2H3,(H2,19,25)(H,21,22)(H,23,24)/t10?,12-/m0/s1. The summed E-state index contributed by atoms with van der Waals surface area (Å²) in [5.74, 6) is 0.951. The number of hydrogen-bond acceptors (Lipinski definition) is 6. The van der Waals surface area contributed by atoms with Gasteiger partial charge >= 0.3 is 6.09 Å². The molecule has 1 amide bonds. The van der Waals surface area contributed by atoms with Crippen LogP contribution in [-0.2, 0) is 16.1 Å². The van der Waals surface area contributed by atoms with Gasteiger partial charge in [-0.25, -0.2) is 9.78 Å². The lowest BCUT2D eigenvalue weighted by Gasteiger charge is -2.09. The molecule has 0 aliphatic heterocycles. The molecule has 3 heterocycles. The van der Waals surface area contributed by atoms with E-state index in [1.807, 2.05) is 19.1 Å². The zero-order chi connectivity index (χ0) is 19.0. The Morgan fingerprint density at radius 2 is 2.19 bits per heavy atom. The molecule has 0 saturated heterocycles. The molecule has 0 radical (unpaired) electrons. The Morgan fingerprint density at radius 1 is 1.33 bits per heavy atom. The van der Waals surface area contributed by atoms with Gasteiger partial charge in [-0.15, -0.1) is 0 Å². The van der Waals surface area contributed by atoms with Gasteiger partial charge in [-0.1, -0.05) is 0 Å². The summed E-state index contributed by atoms with van der Waals surface area (Å²) in [6, 6.07) is 3.94. The number of aromatic nitrogens is 5. The highest BCUT2D eigenvalue weighted by Gasteiger charge is 2.29. The number of H-pyrrole nitrogens is 2. The summed E-state index contributed by atoms with van der Waals surface area (Å²) < 4.78 is 10.3. The van der Waals surface area contributed by atoms with Gasteiger partial charge in [0.1, 0.15) is 17.3 Å². The van der Waals surface area contributed by atoms with Gasteiger partial charge in [0.25, 0.3) is 0 Å². The topological polar surface area (TPSA) is 132 Å². The van der Waals surface area contributed by atoms with Crippen molar-refractivity contribution in [3.05, 3.63) is 29.2 Å². The summed E-state index contributed by atoms with van der Waals surface area (Å²) in [6.45, 7) is 2.38. The van der Waals surface area contributed by atoms with Crippen LogP contribution in [0, 0.1) is 6.92 Å². The first-order valence-electron chi connectivity index (χ1n) is 8.90. The number of nitrogens with zero attached hydrogens (tertiary/aromatic N) is 3. The fourth-order valence-corrected chi connectivity index (χ4v) is 3.74. The number of nitrogens with two attached hydrogens (primary N) is 1. The Kier molecular flexibility index (Phi) is 4.53. The number of methoxy groups -OCH3 is 1. The molecule has 1 aliphatic carbocycles. The number of primary amides is 1. The van der Waals surface area contributed by atoms with Crippen LogP contribution in [-0.4, -0.2) is 44.5 Å². The number of aromatic amines is 2. The third kappa shape index (κ3) is 3.50. The number of rotatable bonds is 5. The summed E-state index contributed by atoms with van der Waals surface area (Å²) in [6.07, 6.45) is 1.63. The number of hydrogen-bond donors (Lipinski definition) is 3. The quantitative estimate of drug-likeness (QED) is 0.632. The van der Waals surface area contributed by atoms with E-state index >= 15 is 0 Å². The van der Waals surface area contributed by atoms with Crippen molar-refractivity contribution in [3.8, 4) is 11.5 Å². The van der Waals surface area contributed by atoms with Gasteiger partial charge in [0.05, 0.1) is 23.5 Å². The lowest BCUT2D eigenvalue weighted by atomic mass is 10.0. The molecule has 4 N–H and O–H groups in total. The smallest absolute Gasteiger partial charge is 0.404 e. The zero-order valence-electron chi connectivity index (χ0n) is 15.3. The van der Waals surface area contributed by atoms with Crippen molar-refractivity contribution >= 4 is 17.1 Å². The second-order valence-corrected chi connectivity index (χ2v) is 6.89. The lowest BCUT2D eigenvalue weighted by molar-refractivity contribution is 0.109. The van der Waals surface area contributed by atoms with Gasteiger partial charge in [0.2, 0.25) is 0 Å². The number of carbonyl (C=O) groups is 1. The van der Waals surface area contributed by atoms with Gasteiger partial charge < -0.3 is 20.2 Å². The Labute approximate surface area is 155 Å². The molecule has 3 aromatic heterocycles. The average Bonchev–Trinajstić information content (AvgIpc) is 3.32. The van der Waals surface area contributed by atoms with Gasteiger partial charge in [-0.2, -0.15) is 5.10 Å². The van der Waals surface area contributed by atoms with Crippen LogP contribution in [0.25, 0.3) is 22.6 Å². The van der Waals surface area contributed by atoms with E-state index in [2.05, 4.69) is 25.1 Å². The van der Waals surface area contributed by atoms with Crippen LogP contribution < -0.4 is 5.73 Å². The second kappa shape index (κ2) is 6.99. The average molecular weight is 370 g/mol. The fraction of sp³-hybridized carbons (Fsp3) is 0.444. The number of fused-ring (bicyclic) bond motifs is 1. The third-order valence-corrected chi connectivity index (χ3v) is 4.94. The Morgan fingerprint density at radius 3 is 2.96 bits per heavy atom. The van der Waals surface area contributed by atoms with E-state index < -0.39 is 6.09 Å². The molecule has 1 fully saturated rings. The molecule has 0 bridgehead atoms. The van der Waals surface area contributed by atoms with E-state index in [-0.39, 0.29) is 12.0 Å². The number of aryl methyl sites for hydroxylation is 1. The van der Waals surface area contributed by atoms with Crippen LogP contribution in [0.15, 0.2) is 12.1 Å². The second-order valence-electron chi connectivity index (χ2n) is 6.89. The molecule has 1 saturated carbocycles. The monoisotopic (exact) mass is 370 g/mol. The summed E-state index contributed by atoms with van der Waals surface area (Å²) in [4.78, 5) is 23.4. The minimum atomic E-state index is -0.718. The Hall–Kier alpha value is -2.94. The molecular formula is C18H22N6O3. The van der Waals surface area contributed by atoms with E-state index in [9.17, 15) is 4.79 Å². The minimum Gasteiger partial charge on any atom is -0.446 e. The third-order valence-electron chi connectivity index (χ3n) is 4.94. The Bertz CT molecular complexity index is 979. The molecule has 27 heavy (non-hydrogen) atoms. The van der Waals surface area contributed by atoms with Crippen LogP contribution in [0.2, 0.25) is 0 Å². The molecule has 1 aliphatic rings. The zero-order valence-corrected chi connectivity index (χ0v) is 15.3. The normalized spacial score (nSPS) is 19.6. The van der Waals surface area contributed by atoms with Crippen molar-refractivity contribution in [2.24, 2.45) is 5.73 Å². The maximum Gasteiger partial charge on any atom is 0.404 e. The first-order valence-corrected chi connectivity index (χ1v) is 8.90. The molecule has 0 spiro atoms. The molecule has 0 aromatic carbocycles. The molecule has 3 aromatic rings. The van der Waals surface area contributed by atoms with Gasteiger partial charge in [-0.05, 0) is 38.3 Å². The number of ether oxygens (including phenoxy) is 2. The van der Waals surface area contributed by atoms with E-state index in [4.69, 9.17) is 15.2 Å². The van der Waals surface area contributed by atoms with Crippen molar-refractivity contribution in [3.63, 3.8) is 0 Å². The molecule has 9 heteroatoms. The van der Waals surface area contributed by atoms with E-state index in [0.717, 1.165) is 53.1 Å². The predicted molar refractivity (Wildman–Crippen MR) is 98.0 cm³/mol. The first-order chi connectivity index (χ1) is 13.0. The highest BCUT2D eigenvalue weighted by atomic mass is 16.6. The van der Waals surface area contributed by atoms with E-state index in [1.165, 1.54) is 0 Å². The number of amides is 1. The van der Waals surface area contributed by atoms with Gasteiger partial charge in [-0.3, -0.25) is 10.1 Å². The highest BCUT2D eigenvalue weighted by Crippen LogP contribution is 2.36. The maximum atomic E-state index is 10.9. The summed E-state index contributed by atoms with van der Waals surface area (Å²) in [7, 11) is 1.65. The number of imidazole rings is 1. The van der Waals surface area contributed by atoms with Crippen molar-refractivity contribution in [1.82, 2.24) is 25.1 Å². The van der Waals surface area contributed by atoms with Crippen LogP contribution in [0.5, 0.6) is 0 Å². The van der Waals surface area contributed by atoms with Crippen LogP contribution in [0.1, 0.15) is 42.3 Å². The predicted octanol–water partition coefficient (Wildman–Crippen LogP) is 2.53. The van der Waals surface area contributed by atoms with Crippen molar-refractivity contribution in [2.45, 2.75) is 44.8 Å². The number of carbonyl (C=O) groups excluding carboxylic acids is 1. The molecule has 9 nitrogen and oxygen atoms in total. The molecule has 142 valence electrons. The van der Waals surface area contributed by atoms with Gasteiger partial charge in [0, 0.05) is 18.7 Å². The molecule has 4 rings (SSSR count). The fourth-order valence-electron chi connectivity index (χ4n) is 3.74. The minimum absolute atomic E-state index is 0.126. The number of nitrogens with one attached hydrogen (secondary N) is 2. The van der Waals surface area contributed by atoms with Crippen molar-refractivity contribution in [1.29, 1.82) is 0 Å². The highest BCUT2D eigenvalue weighted by molar-refractivity contribution is 5.81. The molecule has 2 atom stereocenters. The molecule has 1 unspecified atom stereocenters. The maximum absolute atomic E-state index is 10.9. The van der Waals surface area contributed by atoms with Gasteiger partial charge in [0.15, 0.2) is 5.82 Å². The van der Waals surface area contributed by atoms with E-state index in [0.29, 0.717) is 12.4 Å². The Balaban J connectivity index is 1.56. The molecular weight excluding hydrogens is 348 g/mol. The van der Waals surface area contributed by atoms with Crippen molar-refractivity contribution in [2.75, 3.05) is 7.11 Å².